The van der Waals surface area contributed by atoms with Crippen molar-refractivity contribution in [2.45, 2.75) is 37.2 Å². The standard InChI is InChI=1S/C13H17ClN4O3/c1-6-3-18(11-8(6)10(15)16-5-17-11)12-13(2,14)9(20)7(4-19)21-12/h3,5,7,9,12,19-20H,4H2,1-2H3,(H2,15,16,17). The summed E-state index contributed by atoms with van der Waals surface area (Å²) in [6.07, 6.45) is 0.777. The number of rotatable bonds is 2. The highest BCUT2D eigenvalue weighted by Gasteiger charge is 2.53. The number of nitrogens with zero attached hydrogens (tertiary/aromatic N) is 3. The first-order valence-corrected chi connectivity index (χ1v) is 6.96. The Labute approximate surface area is 126 Å². The SMILES string of the molecule is Cc1cn(C2OC(CO)C(O)C2(C)Cl)c2ncnc(N)c12. The molecule has 0 aromatic carbocycles. The van der Waals surface area contributed by atoms with E-state index in [1.165, 1.54) is 6.33 Å². The molecule has 0 radical (unpaired) electrons. The summed E-state index contributed by atoms with van der Waals surface area (Å²) in [4.78, 5) is 7.13. The number of fused-ring (bicyclic) bond motifs is 1. The van der Waals surface area contributed by atoms with E-state index in [0.29, 0.717) is 11.5 Å². The summed E-state index contributed by atoms with van der Waals surface area (Å²) in [7, 11) is 0. The number of aliphatic hydroxyl groups excluding tert-OH is 2. The van der Waals surface area contributed by atoms with Gasteiger partial charge in [0, 0.05) is 6.20 Å². The minimum absolute atomic E-state index is 0.310. The molecule has 0 saturated carbocycles. The van der Waals surface area contributed by atoms with E-state index in [1.54, 1.807) is 11.5 Å². The predicted molar refractivity (Wildman–Crippen MR) is 77.9 cm³/mol. The molecule has 0 aliphatic carbocycles. The fraction of sp³-hybridized carbons (Fsp3) is 0.538. The number of alkyl halides is 1. The van der Waals surface area contributed by atoms with E-state index in [4.69, 9.17) is 22.1 Å². The fourth-order valence-corrected chi connectivity index (χ4v) is 3.14. The zero-order chi connectivity index (χ0) is 15.4. The van der Waals surface area contributed by atoms with Crippen LogP contribution in [0, 0.1) is 6.92 Å². The lowest BCUT2D eigenvalue weighted by atomic mass is 10.0. The van der Waals surface area contributed by atoms with Crippen LogP contribution in [0.4, 0.5) is 5.82 Å². The largest absolute Gasteiger partial charge is 0.394 e. The third-order valence-electron chi connectivity index (χ3n) is 3.98. The molecule has 3 heterocycles. The van der Waals surface area contributed by atoms with E-state index in [9.17, 15) is 10.2 Å². The van der Waals surface area contributed by atoms with E-state index >= 15 is 0 Å². The number of aromatic nitrogens is 3. The average Bonchev–Trinajstić information content (AvgIpc) is 2.87. The van der Waals surface area contributed by atoms with Crippen molar-refractivity contribution < 1.29 is 14.9 Å². The molecule has 4 atom stereocenters. The highest BCUT2D eigenvalue weighted by molar-refractivity contribution is 6.24. The molecular weight excluding hydrogens is 296 g/mol. The van der Waals surface area contributed by atoms with Gasteiger partial charge >= 0.3 is 0 Å². The third kappa shape index (κ3) is 2.00. The summed E-state index contributed by atoms with van der Waals surface area (Å²) in [5.74, 6) is 0.379. The van der Waals surface area contributed by atoms with Gasteiger partial charge in [0.15, 0.2) is 6.23 Å². The normalized spacial score (nSPS) is 32.9. The molecule has 1 saturated heterocycles. The van der Waals surface area contributed by atoms with E-state index in [2.05, 4.69) is 9.97 Å². The van der Waals surface area contributed by atoms with Crippen LogP contribution in [0.3, 0.4) is 0 Å². The van der Waals surface area contributed by atoms with Crippen LogP contribution in [-0.4, -0.2) is 48.4 Å². The lowest BCUT2D eigenvalue weighted by molar-refractivity contribution is -0.0439. The van der Waals surface area contributed by atoms with Gasteiger partial charge in [0.1, 0.15) is 34.9 Å². The first kappa shape index (κ1) is 14.5. The molecule has 4 N–H and O–H groups in total. The molecule has 0 bridgehead atoms. The molecule has 4 unspecified atom stereocenters. The molecule has 1 aliphatic rings. The Kier molecular flexibility index (Phi) is 3.32. The minimum Gasteiger partial charge on any atom is -0.394 e. The van der Waals surface area contributed by atoms with Gasteiger partial charge in [0.2, 0.25) is 0 Å². The van der Waals surface area contributed by atoms with Gasteiger partial charge in [-0.15, -0.1) is 11.6 Å². The van der Waals surface area contributed by atoms with Crippen molar-refractivity contribution in [3.63, 3.8) is 0 Å². The van der Waals surface area contributed by atoms with Crippen molar-refractivity contribution in [1.82, 2.24) is 14.5 Å². The molecular formula is C13H17ClN4O3. The van der Waals surface area contributed by atoms with E-state index in [1.807, 2.05) is 13.1 Å². The topological polar surface area (TPSA) is 106 Å². The van der Waals surface area contributed by atoms with Gasteiger partial charge in [-0.1, -0.05) is 0 Å². The summed E-state index contributed by atoms with van der Waals surface area (Å²) >= 11 is 6.46. The number of ether oxygens (including phenoxy) is 1. The molecule has 0 amide bonds. The number of aryl methyl sites for hydroxylation is 1. The van der Waals surface area contributed by atoms with Crippen LogP contribution in [0.2, 0.25) is 0 Å². The highest BCUT2D eigenvalue weighted by Crippen LogP contribution is 2.44. The van der Waals surface area contributed by atoms with Crippen LogP contribution in [0.15, 0.2) is 12.5 Å². The molecule has 3 rings (SSSR count). The van der Waals surface area contributed by atoms with Gasteiger partial charge in [0.25, 0.3) is 0 Å². The Balaban J connectivity index is 2.15. The maximum absolute atomic E-state index is 10.2. The summed E-state index contributed by atoms with van der Waals surface area (Å²) in [6, 6.07) is 0. The zero-order valence-electron chi connectivity index (χ0n) is 11.7. The van der Waals surface area contributed by atoms with E-state index in [-0.39, 0.29) is 6.61 Å². The molecule has 0 spiro atoms. The molecule has 1 fully saturated rings. The number of hydrogen-bond donors (Lipinski definition) is 3. The van der Waals surface area contributed by atoms with Crippen molar-refractivity contribution in [2.75, 3.05) is 12.3 Å². The zero-order valence-corrected chi connectivity index (χ0v) is 12.4. The molecule has 2 aromatic heterocycles. The lowest BCUT2D eigenvalue weighted by Gasteiger charge is -2.26. The molecule has 114 valence electrons. The highest BCUT2D eigenvalue weighted by atomic mass is 35.5. The second kappa shape index (κ2) is 4.81. The van der Waals surface area contributed by atoms with Gasteiger partial charge < -0.3 is 25.3 Å². The molecule has 8 heteroatoms. The van der Waals surface area contributed by atoms with Gasteiger partial charge in [-0.3, -0.25) is 0 Å². The molecule has 7 nitrogen and oxygen atoms in total. The summed E-state index contributed by atoms with van der Waals surface area (Å²) in [5, 5.41) is 20.2. The van der Waals surface area contributed by atoms with Gasteiger partial charge in [-0.2, -0.15) is 0 Å². The quantitative estimate of drug-likeness (QED) is 0.700. The number of aliphatic hydroxyl groups is 2. The summed E-state index contributed by atoms with van der Waals surface area (Å²) in [5.41, 5.74) is 7.37. The number of hydrogen-bond acceptors (Lipinski definition) is 6. The van der Waals surface area contributed by atoms with Crippen LogP contribution in [0.25, 0.3) is 11.0 Å². The third-order valence-corrected chi connectivity index (χ3v) is 4.39. The van der Waals surface area contributed by atoms with Crippen LogP contribution >= 0.6 is 11.6 Å². The van der Waals surface area contributed by atoms with Crippen molar-refractivity contribution in [1.29, 1.82) is 0 Å². The number of anilines is 1. The maximum Gasteiger partial charge on any atom is 0.157 e. The monoisotopic (exact) mass is 312 g/mol. The van der Waals surface area contributed by atoms with Gasteiger partial charge in [-0.05, 0) is 19.4 Å². The van der Waals surface area contributed by atoms with E-state index in [0.717, 1.165) is 10.9 Å². The Morgan fingerprint density at radius 1 is 1.52 bits per heavy atom. The van der Waals surface area contributed by atoms with Crippen molar-refractivity contribution in [3.8, 4) is 0 Å². The first-order valence-electron chi connectivity index (χ1n) is 6.58. The van der Waals surface area contributed by atoms with Gasteiger partial charge in [0.05, 0.1) is 12.0 Å². The smallest absolute Gasteiger partial charge is 0.157 e. The van der Waals surface area contributed by atoms with Crippen LogP contribution in [0.1, 0.15) is 18.7 Å². The van der Waals surface area contributed by atoms with Crippen LogP contribution in [0.5, 0.6) is 0 Å². The average molecular weight is 313 g/mol. The fourth-order valence-electron chi connectivity index (χ4n) is 2.84. The molecule has 2 aromatic rings. The summed E-state index contributed by atoms with van der Waals surface area (Å²) < 4.78 is 7.45. The predicted octanol–water partition coefficient (Wildman–Crippen LogP) is 0.570. The lowest BCUT2D eigenvalue weighted by Crippen LogP contribution is -2.39. The molecule has 21 heavy (non-hydrogen) atoms. The Hall–Kier alpha value is -1.41. The van der Waals surface area contributed by atoms with Crippen molar-refractivity contribution in [2.24, 2.45) is 0 Å². The van der Waals surface area contributed by atoms with Crippen LogP contribution in [-0.2, 0) is 4.74 Å². The summed E-state index contributed by atoms with van der Waals surface area (Å²) in [6.45, 7) is 3.25. The van der Waals surface area contributed by atoms with Crippen LogP contribution < -0.4 is 5.73 Å². The number of nitrogens with two attached hydrogens (primary N) is 1. The second-order valence-electron chi connectivity index (χ2n) is 5.48. The Morgan fingerprint density at radius 2 is 2.24 bits per heavy atom. The number of halogens is 1. The Morgan fingerprint density at radius 3 is 2.86 bits per heavy atom. The van der Waals surface area contributed by atoms with E-state index < -0.39 is 23.3 Å². The maximum atomic E-state index is 10.2. The first-order chi connectivity index (χ1) is 9.87. The van der Waals surface area contributed by atoms with Crippen molar-refractivity contribution in [3.05, 3.63) is 18.1 Å². The number of nitrogen functional groups attached to an aromatic ring is 1. The van der Waals surface area contributed by atoms with Gasteiger partial charge in [-0.25, -0.2) is 9.97 Å². The Bertz CT molecular complexity index is 687. The minimum atomic E-state index is -1.09. The molecule has 1 aliphatic heterocycles. The van der Waals surface area contributed by atoms with Crippen molar-refractivity contribution >= 4 is 28.5 Å². The second-order valence-corrected chi connectivity index (χ2v) is 6.30.